The number of hydrogen-bond acceptors (Lipinski definition) is 4. The molecule has 0 unspecified atom stereocenters. The summed E-state index contributed by atoms with van der Waals surface area (Å²) >= 11 is 0. The Morgan fingerprint density at radius 2 is 2.13 bits per heavy atom. The van der Waals surface area contributed by atoms with E-state index >= 15 is 0 Å². The highest BCUT2D eigenvalue weighted by Gasteiger charge is 1.97. The average molecular weight is 209 g/mol. The molecule has 0 saturated carbocycles. The van der Waals surface area contributed by atoms with E-state index in [1.54, 1.807) is 17.1 Å². The summed E-state index contributed by atoms with van der Waals surface area (Å²) < 4.78 is 0. The van der Waals surface area contributed by atoms with Crippen LogP contribution >= 0.6 is 0 Å². The standard InChI is InChI=1S/C11H19N3O/c1-5-6-9(2)13-10(8-15)7-11(12)14(3)4/h5-7,15H,2,8,12H2,1,3-4H3/b6-5+,11-7+,13-10+. The van der Waals surface area contributed by atoms with E-state index in [1.807, 2.05) is 27.1 Å². The number of aliphatic imine (C=N–C) groups is 1. The van der Waals surface area contributed by atoms with Crippen molar-refractivity contribution in [2.24, 2.45) is 10.7 Å². The molecule has 0 aromatic heterocycles. The number of allylic oxidation sites excluding steroid dienone is 2. The number of aliphatic hydroxyl groups is 1. The highest BCUT2D eigenvalue weighted by molar-refractivity contribution is 5.97. The summed E-state index contributed by atoms with van der Waals surface area (Å²) in [5.74, 6) is 0.538. The second-order valence-electron chi connectivity index (χ2n) is 3.22. The fourth-order valence-corrected chi connectivity index (χ4v) is 0.827. The van der Waals surface area contributed by atoms with E-state index in [-0.39, 0.29) is 6.61 Å². The molecule has 84 valence electrons. The van der Waals surface area contributed by atoms with E-state index in [0.717, 1.165) is 0 Å². The molecule has 0 radical (unpaired) electrons. The van der Waals surface area contributed by atoms with E-state index in [4.69, 9.17) is 10.8 Å². The number of rotatable bonds is 5. The molecule has 0 aliphatic carbocycles. The van der Waals surface area contributed by atoms with Crippen molar-refractivity contribution in [2.45, 2.75) is 6.92 Å². The van der Waals surface area contributed by atoms with Crippen molar-refractivity contribution < 1.29 is 5.11 Å². The zero-order valence-electron chi connectivity index (χ0n) is 9.57. The van der Waals surface area contributed by atoms with Gasteiger partial charge in [0.15, 0.2) is 0 Å². The van der Waals surface area contributed by atoms with Crippen molar-refractivity contribution in [1.29, 1.82) is 0 Å². The zero-order valence-corrected chi connectivity index (χ0v) is 9.57. The summed E-state index contributed by atoms with van der Waals surface area (Å²) in [4.78, 5) is 5.85. The van der Waals surface area contributed by atoms with Crippen LogP contribution in [-0.4, -0.2) is 36.4 Å². The van der Waals surface area contributed by atoms with Crippen molar-refractivity contribution in [3.05, 3.63) is 36.3 Å². The minimum atomic E-state index is -0.162. The Morgan fingerprint density at radius 3 is 2.53 bits per heavy atom. The topological polar surface area (TPSA) is 61.8 Å². The fourth-order valence-electron chi connectivity index (χ4n) is 0.827. The first-order valence-electron chi connectivity index (χ1n) is 4.65. The third-order valence-electron chi connectivity index (χ3n) is 1.64. The SMILES string of the molecule is C=C(/C=C/C)/N=C(\C=C(/N)N(C)C)CO. The maximum absolute atomic E-state index is 9.06. The molecule has 0 aromatic rings. The van der Waals surface area contributed by atoms with E-state index in [2.05, 4.69) is 11.6 Å². The highest BCUT2D eigenvalue weighted by Crippen LogP contribution is 1.98. The zero-order chi connectivity index (χ0) is 11.8. The van der Waals surface area contributed by atoms with E-state index in [9.17, 15) is 0 Å². The van der Waals surface area contributed by atoms with Crippen molar-refractivity contribution in [2.75, 3.05) is 20.7 Å². The molecule has 0 saturated heterocycles. The molecule has 0 fully saturated rings. The molecule has 0 spiro atoms. The third kappa shape index (κ3) is 5.70. The van der Waals surface area contributed by atoms with Crippen LogP contribution in [0, 0.1) is 0 Å². The van der Waals surface area contributed by atoms with E-state index in [0.29, 0.717) is 17.2 Å². The maximum atomic E-state index is 9.06. The number of nitrogens with zero attached hydrogens (tertiary/aromatic N) is 2. The highest BCUT2D eigenvalue weighted by atomic mass is 16.3. The minimum Gasteiger partial charge on any atom is -0.390 e. The normalized spacial score (nSPS) is 13.3. The van der Waals surface area contributed by atoms with Crippen LogP contribution in [-0.2, 0) is 0 Å². The lowest BCUT2D eigenvalue weighted by Gasteiger charge is -2.12. The Hall–Kier alpha value is -1.55. The first-order valence-corrected chi connectivity index (χ1v) is 4.65. The molecule has 0 aromatic carbocycles. The van der Waals surface area contributed by atoms with E-state index in [1.165, 1.54) is 0 Å². The van der Waals surface area contributed by atoms with Crippen LogP contribution in [0.1, 0.15) is 6.92 Å². The van der Waals surface area contributed by atoms with Crippen LogP contribution in [0.2, 0.25) is 0 Å². The summed E-state index contributed by atoms with van der Waals surface area (Å²) in [6, 6.07) is 0. The molecule has 0 heterocycles. The summed E-state index contributed by atoms with van der Waals surface area (Å²) in [5.41, 5.74) is 6.77. The lowest BCUT2D eigenvalue weighted by molar-refractivity contribution is 0.358. The largest absolute Gasteiger partial charge is 0.390 e. The predicted molar refractivity (Wildman–Crippen MR) is 64.4 cm³/mol. The van der Waals surface area contributed by atoms with Gasteiger partial charge >= 0.3 is 0 Å². The summed E-state index contributed by atoms with van der Waals surface area (Å²) in [7, 11) is 3.64. The van der Waals surface area contributed by atoms with Gasteiger partial charge in [-0.2, -0.15) is 0 Å². The molecular weight excluding hydrogens is 190 g/mol. The third-order valence-corrected chi connectivity index (χ3v) is 1.64. The molecule has 4 heteroatoms. The molecule has 0 atom stereocenters. The Kier molecular flexibility index (Phi) is 6.13. The van der Waals surface area contributed by atoms with Gasteiger partial charge in [0.25, 0.3) is 0 Å². The van der Waals surface area contributed by atoms with Crippen molar-refractivity contribution in [1.82, 2.24) is 4.90 Å². The first kappa shape index (κ1) is 13.4. The molecule has 0 rings (SSSR count). The predicted octanol–water partition coefficient (Wildman–Crippen LogP) is 0.871. The van der Waals surface area contributed by atoms with Crippen LogP contribution in [0.15, 0.2) is 41.3 Å². The summed E-state index contributed by atoms with van der Waals surface area (Å²) in [5, 5.41) is 9.06. The van der Waals surface area contributed by atoms with Crippen molar-refractivity contribution in [3.63, 3.8) is 0 Å². The average Bonchev–Trinajstić information content (AvgIpc) is 2.16. The lowest BCUT2D eigenvalue weighted by Crippen LogP contribution is -2.20. The van der Waals surface area contributed by atoms with Crippen LogP contribution < -0.4 is 5.73 Å². The molecule has 0 aliphatic heterocycles. The van der Waals surface area contributed by atoms with Gasteiger partial charge in [0.1, 0.15) is 5.82 Å². The maximum Gasteiger partial charge on any atom is 0.100 e. The molecule has 0 amide bonds. The molecule has 0 aliphatic rings. The van der Waals surface area contributed by atoms with E-state index < -0.39 is 0 Å². The van der Waals surface area contributed by atoms with Gasteiger partial charge in [-0.3, -0.25) is 4.99 Å². The van der Waals surface area contributed by atoms with Crippen LogP contribution in [0.4, 0.5) is 0 Å². The second kappa shape index (κ2) is 6.84. The monoisotopic (exact) mass is 209 g/mol. The molecule has 4 nitrogen and oxygen atoms in total. The van der Waals surface area contributed by atoms with Crippen molar-refractivity contribution in [3.8, 4) is 0 Å². The fraction of sp³-hybridized carbons (Fsp3) is 0.364. The Balaban J connectivity index is 4.77. The van der Waals surface area contributed by atoms with Gasteiger partial charge in [0.2, 0.25) is 0 Å². The van der Waals surface area contributed by atoms with Gasteiger partial charge in [-0.15, -0.1) is 0 Å². The van der Waals surface area contributed by atoms with Gasteiger partial charge in [-0.25, -0.2) is 0 Å². The summed E-state index contributed by atoms with van der Waals surface area (Å²) in [6.07, 6.45) is 5.21. The van der Waals surface area contributed by atoms with Gasteiger partial charge in [-0.1, -0.05) is 12.7 Å². The van der Waals surface area contributed by atoms with Gasteiger partial charge < -0.3 is 15.7 Å². The summed E-state index contributed by atoms with van der Waals surface area (Å²) in [6.45, 7) is 5.43. The second-order valence-corrected chi connectivity index (χ2v) is 3.22. The van der Waals surface area contributed by atoms with Gasteiger partial charge in [0, 0.05) is 20.2 Å². The first-order chi connectivity index (χ1) is 7.01. The quantitative estimate of drug-likeness (QED) is 0.521. The molecule has 15 heavy (non-hydrogen) atoms. The molecule has 0 bridgehead atoms. The van der Waals surface area contributed by atoms with Crippen molar-refractivity contribution >= 4 is 5.71 Å². The number of hydrogen-bond donors (Lipinski definition) is 2. The van der Waals surface area contributed by atoms with Crippen LogP contribution in [0.5, 0.6) is 0 Å². The molecule has 3 N–H and O–H groups in total. The minimum absolute atomic E-state index is 0.162. The number of nitrogens with two attached hydrogens (primary N) is 1. The molecular formula is C11H19N3O. The smallest absolute Gasteiger partial charge is 0.100 e. The van der Waals surface area contributed by atoms with Gasteiger partial charge in [0.05, 0.1) is 18.0 Å². The lowest BCUT2D eigenvalue weighted by atomic mass is 10.3. The van der Waals surface area contributed by atoms with Crippen LogP contribution in [0.25, 0.3) is 0 Å². The van der Waals surface area contributed by atoms with Crippen LogP contribution in [0.3, 0.4) is 0 Å². The Morgan fingerprint density at radius 1 is 1.53 bits per heavy atom. The van der Waals surface area contributed by atoms with Gasteiger partial charge in [-0.05, 0) is 13.0 Å². The Labute approximate surface area is 91.1 Å². The number of aliphatic hydroxyl groups excluding tert-OH is 1. The Bertz CT molecular complexity index is 301.